The minimum absolute atomic E-state index is 0.357. The Bertz CT molecular complexity index is 555. The van der Waals surface area contributed by atoms with Crippen LogP contribution in [0.15, 0.2) is 24.5 Å². The maximum absolute atomic E-state index is 11.5. The van der Waals surface area contributed by atoms with Crippen molar-refractivity contribution in [3.05, 3.63) is 30.2 Å². The highest BCUT2D eigenvalue weighted by molar-refractivity contribution is 5.78. The number of carbonyl (C=O) groups excluding carboxylic acids is 1. The second-order valence-electron chi connectivity index (χ2n) is 5.10. The lowest BCUT2D eigenvalue weighted by Crippen LogP contribution is -2.32. The summed E-state index contributed by atoms with van der Waals surface area (Å²) in [4.78, 5) is 18.8. The normalized spacial score (nSPS) is 11.5. The van der Waals surface area contributed by atoms with Gasteiger partial charge in [0.25, 0.3) is 0 Å². The molecule has 2 N–H and O–H groups in total. The average Bonchev–Trinajstić information content (AvgIpc) is 2.71. The fourth-order valence-corrected chi connectivity index (χ4v) is 1.57. The van der Waals surface area contributed by atoms with Gasteiger partial charge in [0, 0.05) is 11.6 Å². The molecule has 1 amide bonds. The number of ether oxygens (including phenoxy) is 1. The molecule has 0 aliphatic carbocycles. The highest BCUT2D eigenvalue weighted by Gasteiger charge is 2.15. The highest BCUT2D eigenvalue weighted by atomic mass is 16.6. The minimum Gasteiger partial charge on any atom is -0.444 e. The van der Waals surface area contributed by atoms with Crippen molar-refractivity contribution in [3.8, 4) is 0 Å². The third-order valence-corrected chi connectivity index (χ3v) is 2.31. The first-order chi connectivity index (χ1) is 8.44. The Morgan fingerprint density at radius 3 is 3.00 bits per heavy atom. The molecule has 2 heterocycles. The largest absolute Gasteiger partial charge is 0.444 e. The molecule has 5 heteroatoms. The number of hydrogen-bond acceptors (Lipinski definition) is 3. The van der Waals surface area contributed by atoms with Crippen LogP contribution in [0.1, 0.15) is 26.5 Å². The lowest BCUT2D eigenvalue weighted by atomic mass is 10.2. The zero-order chi connectivity index (χ0) is 13.2. The molecule has 0 spiro atoms. The third-order valence-electron chi connectivity index (χ3n) is 2.31. The van der Waals surface area contributed by atoms with E-state index in [1.165, 1.54) is 0 Å². The molecule has 0 saturated heterocycles. The van der Waals surface area contributed by atoms with E-state index in [-0.39, 0.29) is 0 Å². The SMILES string of the molecule is CC(C)(C)OC(=O)NCc1cc2cc[nH]c2cn1. The molecule has 0 aromatic carbocycles. The first kappa shape index (κ1) is 12.4. The topological polar surface area (TPSA) is 67.0 Å². The lowest BCUT2D eigenvalue weighted by molar-refractivity contribution is 0.0523. The van der Waals surface area contributed by atoms with Crippen LogP contribution >= 0.6 is 0 Å². The summed E-state index contributed by atoms with van der Waals surface area (Å²) in [6.45, 7) is 5.85. The molecule has 0 atom stereocenters. The van der Waals surface area contributed by atoms with Crippen LogP contribution in [0.4, 0.5) is 4.79 Å². The number of nitrogens with zero attached hydrogens (tertiary/aromatic N) is 1. The van der Waals surface area contributed by atoms with E-state index in [2.05, 4.69) is 15.3 Å². The number of carbonyl (C=O) groups is 1. The van der Waals surface area contributed by atoms with Crippen LogP contribution in [-0.4, -0.2) is 21.7 Å². The van der Waals surface area contributed by atoms with Crippen molar-refractivity contribution < 1.29 is 9.53 Å². The van der Waals surface area contributed by atoms with Gasteiger partial charge < -0.3 is 15.0 Å². The Morgan fingerprint density at radius 1 is 1.50 bits per heavy atom. The molecular weight excluding hydrogens is 230 g/mol. The molecule has 0 fully saturated rings. The molecule has 0 aliphatic rings. The van der Waals surface area contributed by atoms with Gasteiger partial charge in [-0.1, -0.05) is 0 Å². The number of aromatic nitrogens is 2. The second kappa shape index (κ2) is 4.68. The Hall–Kier alpha value is -2.04. The fourth-order valence-electron chi connectivity index (χ4n) is 1.57. The molecule has 0 saturated carbocycles. The molecule has 2 rings (SSSR count). The Balaban J connectivity index is 1.95. The number of rotatable bonds is 2. The Morgan fingerprint density at radius 2 is 2.28 bits per heavy atom. The van der Waals surface area contributed by atoms with Crippen molar-refractivity contribution in [3.63, 3.8) is 0 Å². The summed E-state index contributed by atoms with van der Waals surface area (Å²) in [6.07, 6.45) is 3.18. The van der Waals surface area contributed by atoms with Crippen LogP contribution in [0.25, 0.3) is 10.9 Å². The molecule has 0 bridgehead atoms. The maximum Gasteiger partial charge on any atom is 0.407 e. The van der Waals surface area contributed by atoms with E-state index in [4.69, 9.17) is 4.74 Å². The summed E-state index contributed by atoms with van der Waals surface area (Å²) in [5.41, 5.74) is 1.30. The average molecular weight is 247 g/mol. The molecule has 0 unspecified atom stereocenters. The van der Waals surface area contributed by atoms with E-state index in [0.717, 1.165) is 16.6 Å². The van der Waals surface area contributed by atoms with Crippen LogP contribution in [0.5, 0.6) is 0 Å². The zero-order valence-electron chi connectivity index (χ0n) is 10.8. The quantitative estimate of drug-likeness (QED) is 0.857. The van der Waals surface area contributed by atoms with Gasteiger partial charge in [-0.3, -0.25) is 4.98 Å². The number of nitrogens with one attached hydrogen (secondary N) is 2. The molecular formula is C13H17N3O2. The van der Waals surface area contributed by atoms with E-state index in [0.29, 0.717) is 6.54 Å². The Labute approximate surface area is 106 Å². The van der Waals surface area contributed by atoms with Crippen molar-refractivity contribution in [1.82, 2.24) is 15.3 Å². The predicted octanol–water partition coefficient (Wildman–Crippen LogP) is 2.59. The molecule has 0 radical (unpaired) electrons. The standard InChI is InChI=1S/C13H17N3O2/c1-13(2,3)18-12(17)16-7-10-6-9-4-5-14-11(9)8-15-10/h4-6,8,14H,7H2,1-3H3,(H,16,17). The summed E-state index contributed by atoms with van der Waals surface area (Å²) in [6, 6.07) is 3.90. The summed E-state index contributed by atoms with van der Waals surface area (Å²) < 4.78 is 5.15. The number of pyridine rings is 1. The monoisotopic (exact) mass is 247 g/mol. The van der Waals surface area contributed by atoms with Crippen molar-refractivity contribution >= 4 is 17.0 Å². The number of amides is 1. The molecule has 18 heavy (non-hydrogen) atoms. The van der Waals surface area contributed by atoms with Gasteiger partial charge in [0.1, 0.15) is 5.60 Å². The smallest absolute Gasteiger partial charge is 0.407 e. The summed E-state index contributed by atoms with van der Waals surface area (Å²) in [5.74, 6) is 0. The first-order valence-electron chi connectivity index (χ1n) is 5.83. The second-order valence-corrected chi connectivity index (χ2v) is 5.10. The number of H-pyrrole nitrogens is 1. The summed E-state index contributed by atoms with van der Waals surface area (Å²) in [7, 11) is 0. The van der Waals surface area contributed by atoms with Crippen LogP contribution in [0, 0.1) is 0 Å². The van der Waals surface area contributed by atoms with E-state index in [9.17, 15) is 4.79 Å². The van der Waals surface area contributed by atoms with Gasteiger partial charge in [-0.2, -0.15) is 0 Å². The number of alkyl carbamates (subject to hydrolysis) is 1. The van der Waals surface area contributed by atoms with Crippen molar-refractivity contribution in [1.29, 1.82) is 0 Å². The van der Waals surface area contributed by atoms with Crippen LogP contribution in [0.3, 0.4) is 0 Å². The van der Waals surface area contributed by atoms with Gasteiger partial charge in [-0.15, -0.1) is 0 Å². The van der Waals surface area contributed by atoms with Crippen LogP contribution < -0.4 is 5.32 Å². The van der Waals surface area contributed by atoms with Gasteiger partial charge in [-0.25, -0.2) is 4.79 Å². The van der Waals surface area contributed by atoms with E-state index in [1.54, 1.807) is 6.20 Å². The molecule has 2 aromatic rings. The number of hydrogen-bond donors (Lipinski definition) is 2. The van der Waals surface area contributed by atoms with Gasteiger partial charge in [0.2, 0.25) is 0 Å². The maximum atomic E-state index is 11.5. The van der Waals surface area contributed by atoms with Crippen molar-refractivity contribution in [2.45, 2.75) is 32.9 Å². The predicted molar refractivity (Wildman–Crippen MR) is 69.2 cm³/mol. The molecule has 2 aromatic heterocycles. The van der Waals surface area contributed by atoms with E-state index < -0.39 is 11.7 Å². The molecule has 96 valence electrons. The van der Waals surface area contributed by atoms with Crippen LogP contribution in [0.2, 0.25) is 0 Å². The summed E-state index contributed by atoms with van der Waals surface area (Å²) in [5, 5.41) is 3.75. The van der Waals surface area contributed by atoms with Crippen molar-refractivity contribution in [2.75, 3.05) is 0 Å². The minimum atomic E-state index is -0.484. The third kappa shape index (κ3) is 3.23. The van der Waals surface area contributed by atoms with Crippen molar-refractivity contribution in [2.24, 2.45) is 0 Å². The van der Waals surface area contributed by atoms with E-state index in [1.807, 2.05) is 39.1 Å². The summed E-state index contributed by atoms with van der Waals surface area (Å²) >= 11 is 0. The molecule has 5 nitrogen and oxygen atoms in total. The number of aromatic amines is 1. The van der Waals surface area contributed by atoms with E-state index >= 15 is 0 Å². The highest BCUT2D eigenvalue weighted by Crippen LogP contribution is 2.12. The number of fused-ring (bicyclic) bond motifs is 1. The Kier molecular flexibility index (Phi) is 3.23. The van der Waals surface area contributed by atoms with Gasteiger partial charge in [-0.05, 0) is 32.9 Å². The zero-order valence-corrected chi connectivity index (χ0v) is 10.8. The van der Waals surface area contributed by atoms with Gasteiger partial charge in [0.05, 0.1) is 24.0 Å². The van der Waals surface area contributed by atoms with Gasteiger partial charge in [0.15, 0.2) is 0 Å². The lowest BCUT2D eigenvalue weighted by Gasteiger charge is -2.19. The van der Waals surface area contributed by atoms with Crippen LogP contribution in [-0.2, 0) is 11.3 Å². The molecule has 0 aliphatic heterocycles. The van der Waals surface area contributed by atoms with Gasteiger partial charge >= 0.3 is 6.09 Å². The fraction of sp³-hybridized carbons (Fsp3) is 0.385. The first-order valence-corrected chi connectivity index (χ1v) is 5.83.